The van der Waals surface area contributed by atoms with Gasteiger partial charge in [0.25, 0.3) is 0 Å². The molecule has 5 rings (SSSR count). The number of rotatable bonds is 4. The first kappa shape index (κ1) is 19.3. The number of fused-ring (bicyclic) bond motifs is 5. The van der Waals surface area contributed by atoms with Gasteiger partial charge in [-0.05, 0) is 30.7 Å². The molecule has 1 amide bonds. The van der Waals surface area contributed by atoms with Crippen LogP contribution in [0.15, 0.2) is 5.16 Å². The van der Waals surface area contributed by atoms with Gasteiger partial charge >= 0.3 is 0 Å². The Hall–Kier alpha value is -1.71. The lowest BCUT2D eigenvalue weighted by Crippen LogP contribution is -2.41. The van der Waals surface area contributed by atoms with Gasteiger partial charge in [-0.1, -0.05) is 25.6 Å². The zero-order valence-electron chi connectivity index (χ0n) is 16.8. The van der Waals surface area contributed by atoms with E-state index in [1.54, 1.807) is 0 Å². The highest BCUT2D eigenvalue weighted by atomic mass is 32.2. The molecule has 1 aliphatic carbocycles. The fourth-order valence-corrected chi connectivity index (χ4v) is 6.49. The molecular weight excluding hydrogens is 406 g/mol. The van der Waals surface area contributed by atoms with E-state index in [0.29, 0.717) is 32.1 Å². The molecule has 0 radical (unpaired) electrons. The minimum atomic E-state index is 0.129. The first-order chi connectivity index (χ1) is 14.2. The molecule has 1 saturated heterocycles. The minimum absolute atomic E-state index is 0.129. The van der Waals surface area contributed by atoms with Crippen molar-refractivity contribution >= 4 is 44.9 Å². The Labute approximate surface area is 177 Å². The number of carbonyl (C=O) groups is 1. The third-order valence-corrected chi connectivity index (χ3v) is 7.91. The van der Waals surface area contributed by atoms with Crippen molar-refractivity contribution in [2.45, 2.75) is 44.7 Å². The predicted molar refractivity (Wildman–Crippen MR) is 115 cm³/mol. The van der Waals surface area contributed by atoms with Crippen LogP contribution < -0.4 is 0 Å². The van der Waals surface area contributed by atoms with Gasteiger partial charge in [0.1, 0.15) is 10.7 Å². The Morgan fingerprint density at radius 1 is 1.31 bits per heavy atom. The highest BCUT2D eigenvalue weighted by Gasteiger charge is 2.26. The second-order valence-electron chi connectivity index (χ2n) is 7.84. The fraction of sp³-hybridized carbons (Fsp3) is 0.600. The molecule has 1 aliphatic heterocycles. The van der Waals surface area contributed by atoms with Crippen molar-refractivity contribution in [1.82, 2.24) is 24.5 Å². The van der Waals surface area contributed by atoms with Crippen LogP contribution in [0.2, 0.25) is 0 Å². The van der Waals surface area contributed by atoms with Gasteiger partial charge in [-0.25, -0.2) is 4.98 Å². The van der Waals surface area contributed by atoms with E-state index < -0.39 is 0 Å². The van der Waals surface area contributed by atoms with Crippen LogP contribution in [0.5, 0.6) is 0 Å². The number of thiophene rings is 1. The summed E-state index contributed by atoms with van der Waals surface area (Å²) in [5, 5.41) is 11.0. The van der Waals surface area contributed by atoms with Crippen LogP contribution >= 0.6 is 23.1 Å². The standard InChI is InChI=1S/C20H25N5O2S2/c1-3-15-21-19-17(13-5-4-12(2)10-14(13)29-19)18-22-23-20(25(15)18)28-11-16(26)24-6-8-27-9-7-24/h12H,3-11H2,1-2H3/t12-/m1/s1. The number of thioether (sulfide) groups is 1. The number of amides is 1. The van der Waals surface area contributed by atoms with Crippen LogP contribution in [0.3, 0.4) is 0 Å². The van der Waals surface area contributed by atoms with Crippen LogP contribution in [-0.4, -0.2) is 62.4 Å². The molecule has 0 bridgehead atoms. The molecule has 4 heterocycles. The number of hydrogen-bond donors (Lipinski definition) is 0. The van der Waals surface area contributed by atoms with Gasteiger partial charge in [0.05, 0.1) is 24.4 Å². The summed E-state index contributed by atoms with van der Waals surface area (Å²) in [5.74, 6) is 2.18. The Bertz CT molecular complexity index is 1070. The first-order valence-electron chi connectivity index (χ1n) is 10.3. The lowest BCUT2D eigenvalue weighted by atomic mass is 9.89. The normalized spacial score (nSPS) is 19.8. The number of aromatic nitrogens is 4. The van der Waals surface area contributed by atoms with Crippen LogP contribution in [0.1, 0.15) is 36.5 Å². The molecule has 29 heavy (non-hydrogen) atoms. The average molecular weight is 432 g/mol. The van der Waals surface area contributed by atoms with E-state index in [9.17, 15) is 4.79 Å². The summed E-state index contributed by atoms with van der Waals surface area (Å²) in [7, 11) is 0. The zero-order chi connectivity index (χ0) is 20.0. The summed E-state index contributed by atoms with van der Waals surface area (Å²) in [6.45, 7) is 7.01. The smallest absolute Gasteiger partial charge is 0.233 e. The van der Waals surface area contributed by atoms with Gasteiger partial charge in [0.2, 0.25) is 5.91 Å². The van der Waals surface area contributed by atoms with Gasteiger partial charge < -0.3 is 9.64 Å². The van der Waals surface area contributed by atoms with Gasteiger partial charge in [-0.2, -0.15) is 0 Å². The molecule has 0 N–H and O–H groups in total. The number of carbonyl (C=O) groups excluding carboxylic acids is 1. The lowest BCUT2D eigenvalue weighted by molar-refractivity contribution is -0.132. The highest BCUT2D eigenvalue weighted by molar-refractivity contribution is 7.99. The molecule has 3 aromatic heterocycles. The quantitative estimate of drug-likeness (QED) is 0.592. The fourth-order valence-electron chi connectivity index (χ4n) is 4.24. The minimum Gasteiger partial charge on any atom is -0.378 e. The van der Waals surface area contributed by atoms with Crippen molar-refractivity contribution < 1.29 is 9.53 Å². The van der Waals surface area contributed by atoms with Gasteiger partial charge in [0, 0.05) is 24.4 Å². The van der Waals surface area contributed by atoms with Crippen LogP contribution in [-0.2, 0) is 28.8 Å². The SMILES string of the molecule is CCc1nc2sc3c(c2c2nnc(SCC(=O)N4CCOCC4)n12)CC[C@@H](C)C3. The van der Waals surface area contributed by atoms with Gasteiger partial charge in [-0.15, -0.1) is 21.5 Å². The largest absolute Gasteiger partial charge is 0.378 e. The van der Waals surface area contributed by atoms with Crippen LogP contribution in [0.25, 0.3) is 15.9 Å². The van der Waals surface area contributed by atoms with Crippen molar-refractivity contribution in [2.24, 2.45) is 5.92 Å². The average Bonchev–Trinajstić information content (AvgIpc) is 3.32. The second-order valence-corrected chi connectivity index (χ2v) is 9.86. The summed E-state index contributed by atoms with van der Waals surface area (Å²) < 4.78 is 7.41. The van der Waals surface area contributed by atoms with E-state index in [0.717, 1.165) is 46.6 Å². The van der Waals surface area contributed by atoms with Crippen LogP contribution in [0, 0.1) is 5.92 Å². The number of morpholine rings is 1. The van der Waals surface area contributed by atoms with Gasteiger partial charge in [-0.3, -0.25) is 9.20 Å². The van der Waals surface area contributed by atoms with E-state index in [4.69, 9.17) is 9.72 Å². The third kappa shape index (κ3) is 3.43. The molecule has 0 spiro atoms. The molecule has 7 nitrogen and oxygen atoms in total. The molecule has 2 aliphatic rings. The van der Waals surface area contributed by atoms with Crippen LogP contribution in [0.4, 0.5) is 0 Å². The summed E-state index contributed by atoms with van der Waals surface area (Å²) in [4.78, 5) is 21.9. The summed E-state index contributed by atoms with van der Waals surface area (Å²) in [5.41, 5.74) is 2.32. The predicted octanol–water partition coefficient (Wildman–Crippen LogP) is 2.98. The van der Waals surface area contributed by atoms with E-state index in [2.05, 4.69) is 28.4 Å². The monoisotopic (exact) mass is 431 g/mol. The van der Waals surface area contributed by atoms with Crippen molar-refractivity contribution in [3.8, 4) is 0 Å². The third-order valence-electron chi connectivity index (χ3n) is 5.84. The molecule has 1 atom stereocenters. The van der Waals surface area contributed by atoms with Crippen molar-refractivity contribution in [3.05, 3.63) is 16.3 Å². The molecule has 0 aromatic carbocycles. The van der Waals surface area contributed by atoms with E-state index in [-0.39, 0.29) is 5.91 Å². The van der Waals surface area contributed by atoms with Crippen molar-refractivity contribution in [3.63, 3.8) is 0 Å². The molecule has 0 unspecified atom stereocenters. The summed E-state index contributed by atoms with van der Waals surface area (Å²) in [6, 6.07) is 0. The molecule has 3 aromatic rings. The number of hydrogen-bond acceptors (Lipinski definition) is 7. The Morgan fingerprint density at radius 2 is 2.14 bits per heavy atom. The molecular formula is C20H25N5O2S2. The topological polar surface area (TPSA) is 72.6 Å². The molecule has 154 valence electrons. The van der Waals surface area contributed by atoms with Gasteiger partial charge in [0.15, 0.2) is 10.8 Å². The van der Waals surface area contributed by atoms with E-state index in [1.165, 1.54) is 34.0 Å². The van der Waals surface area contributed by atoms with Crippen molar-refractivity contribution in [2.75, 3.05) is 32.1 Å². The Balaban J connectivity index is 1.50. The number of aryl methyl sites for hydroxylation is 2. The van der Waals surface area contributed by atoms with E-state index >= 15 is 0 Å². The maximum atomic E-state index is 12.6. The second kappa shape index (κ2) is 7.85. The maximum Gasteiger partial charge on any atom is 0.233 e. The van der Waals surface area contributed by atoms with E-state index in [1.807, 2.05) is 16.2 Å². The first-order valence-corrected chi connectivity index (χ1v) is 12.1. The molecule has 0 saturated carbocycles. The number of ether oxygens (including phenoxy) is 1. The lowest BCUT2D eigenvalue weighted by Gasteiger charge is -2.26. The number of nitrogens with zero attached hydrogens (tertiary/aromatic N) is 5. The highest BCUT2D eigenvalue weighted by Crippen LogP contribution is 2.39. The Morgan fingerprint density at radius 3 is 2.93 bits per heavy atom. The molecule has 9 heteroatoms. The summed E-state index contributed by atoms with van der Waals surface area (Å²) in [6.07, 6.45) is 4.23. The van der Waals surface area contributed by atoms with Crippen molar-refractivity contribution in [1.29, 1.82) is 0 Å². The zero-order valence-corrected chi connectivity index (χ0v) is 18.4. The summed E-state index contributed by atoms with van der Waals surface area (Å²) >= 11 is 3.28. The maximum absolute atomic E-state index is 12.6. The Kier molecular flexibility index (Phi) is 5.21. The molecule has 1 fully saturated rings.